The zero-order chi connectivity index (χ0) is 24.9. The van der Waals surface area contributed by atoms with Crippen LogP contribution in [0.3, 0.4) is 0 Å². The molecule has 0 aliphatic heterocycles. The molecule has 1 N–H and O–H groups in total. The molecule has 10 nitrogen and oxygen atoms in total. The van der Waals surface area contributed by atoms with Crippen molar-refractivity contribution in [1.82, 2.24) is 18.7 Å². The molecule has 0 aliphatic rings. The minimum absolute atomic E-state index is 0.177. The molecule has 0 fully saturated rings. The summed E-state index contributed by atoms with van der Waals surface area (Å²) >= 11 is 0. The molecule has 0 spiro atoms. The number of hydrogen-bond donors (Lipinski definition) is 1. The number of aromatic nitrogens is 4. The molecule has 0 bridgehead atoms. The van der Waals surface area contributed by atoms with Gasteiger partial charge in [0.2, 0.25) is 5.91 Å². The van der Waals surface area contributed by atoms with E-state index in [9.17, 15) is 19.2 Å². The molecule has 0 saturated heterocycles. The van der Waals surface area contributed by atoms with E-state index in [0.29, 0.717) is 6.54 Å². The minimum Gasteiger partial charge on any atom is -0.462 e. The van der Waals surface area contributed by atoms with Crippen LogP contribution in [0.15, 0.2) is 70.5 Å². The number of aryl methyl sites for hydroxylation is 1. The first-order chi connectivity index (χ1) is 16.9. The molecule has 35 heavy (non-hydrogen) atoms. The van der Waals surface area contributed by atoms with Crippen molar-refractivity contribution in [2.75, 3.05) is 11.9 Å². The van der Waals surface area contributed by atoms with Gasteiger partial charge in [-0.3, -0.25) is 14.2 Å². The van der Waals surface area contributed by atoms with E-state index in [0.717, 1.165) is 10.1 Å². The van der Waals surface area contributed by atoms with E-state index in [1.165, 1.54) is 17.0 Å². The van der Waals surface area contributed by atoms with Gasteiger partial charge in [0.25, 0.3) is 5.56 Å². The van der Waals surface area contributed by atoms with Crippen LogP contribution in [0.1, 0.15) is 29.8 Å². The van der Waals surface area contributed by atoms with Crippen LogP contribution in [0.2, 0.25) is 0 Å². The van der Waals surface area contributed by atoms with Crippen LogP contribution < -0.4 is 16.6 Å². The van der Waals surface area contributed by atoms with Crippen LogP contribution in [0.4, 0.5) is 5.69 Å². The topological polar surface area (TPSA) is 117 Å². The Morgan fingerprint density at radius 1 is 0.971 bits per heavy atom. The highest BCUT2D eigenvalue weighted by Gasteiger charge is 2.20. The largest absolute Gasteiger partial charge is 0.462 e. The van der Waals surface area contributed by atoms with E-state index >= 15 is 0 Å². The summed E-state index contributed by atoms with van der Waals surface area (Å²) in [6.07, 6.45) is 1.51. The first-order valence-corrected chi connectivity index (χ1v) is 11.2. The van der Waals surface area contributed by atoms with Crippen LogP contribution in [0.5, 0.6) is 0 Å². The van der Waals surface area contributed by atoms with Crippen LogP contribution in [0.25, 0.3) is 11.2 Å². The van der Waals surface area contributed by atoms with Crippen molar-refractivity contribution in [3.63, 3.8) is 0 Å². The van der Waals surface area contributed by atoms with Crippen LogP contribution in [-0.4, -0.2) is 37.2 Å². The number of ether oxygens (including phenoxy) is 1. The highest BCUT2D eigenvalue weighted by Crippen LogP contribution is 2.16. The third-order valence-electron chi connectivity index (χ3n) is 5.51. The van der Waals surface area contributed by atoms with Crippen molar-refractivity contribution in [3.05, 3.63) is 92.9 Å². The number of esters is 1. The highest BCUT2D eigenvalue weighted by molar-refractivity contribution is 6.01. The van der Waals surface area contributed by atoms with Crippen molar-refractivity contribution in [2.24, 2.45) is 0 Å². The minimum atomic E-state index is -0.651. The summed E-state index contributed by atoms with van der Waals surface area (Å²) in [5.41, 5.74) is 0.492. The number of carbonyl (C=O) groups excluding carboxylic acids is 2. The Morgan fingerprint density at radius 2 is 1.69 bits per heavy atom. The summed E-state index contributed by atoms with van der Waals surface area (Å²) in [4.78, 5) is 56.1. The van der Waals surface area contributed by atoms with E-state index in [-0.39, 0.29) is 35.6 Å². The summed E-state index contributed by atoms with van der Waals surface area (Å²) in [5.74, 6) is -1.21. The maximum atomic E-state index is 13.4. The lowest BCUT2D eigenvalue weighted by molar-refractivity contribution is -0.116. The van der Waals surface area contributed by atoms with Gasteiger partial charge in [-0.05, 0) is 31.5 Å². The quantitative estimate of drug-likeness (QED) is 0.391. The lowest BCUT2D eigenvalue weighted by Crippen LogP contribution is -2.43. The van der Waals surface area contributed by atoms with Crippen LogP contribution >= 0.6 is 0 Å². The zero-order valence-corrected chi connectivity index (χ0v) is 19.4. The van der Waals surface area contributed by atoms with Gasteiger partial charge in [-0.1, -0.05) is 42.5 Å². The summed E-state index contributed by atoms with van der Waals surface area (Å²) in [6.45, 7) is 3.84. The standard InChI is InChI=1S/C25H25N5O5/c1-3-28-16-26-22-21(28)23(32)30(25(34)29(22)14-17-10-6-5-7-11-17)15-20(31)27-19-13-9-8-12-18(19)24(33)35-4-2/h5-13,16H,3-4,14-15H2,1-2H3,(H,27,31). The molecule has 4 aromatic rings. The highest BCUT2D eigenvalue weighted by atomic mass is 16.5. The molecule has 2 heterocycles. The zero-order valence-electron chi connectivity index (χ0n) is 19.4. The molecule has 2 aromatic heterocycles. The number of rotatable bonds is 8. The molecule has 4 rings (SSSR count). The maximum absolute atomic E-state index is 13.4. The van der Waals surface area contributed by atoms with Gasteiger partial charge >= 0.3 is 11.7 Å². The van der Waals surface area contributed by atoms with E-state index < -0.39 is 29.7 Å². The Hall–Kier alpha value is -4.47. The number of hydrogen-bond acceptors (Lipinski definition) is 6. The Balaban J connectivity index is 1.73. The second-order valence-electron chi connectivity index (χ2n) is 7.76. The van der Waals surface area contributed by atoms with Crippen molar-refractivity contribution < 1.29 is 14.3 Å². The smallest absolute Gasteiger partial charge is 0.340 e. The number of nitrogens with zero attached hydrogens (tertiary/aromatic N) is 4. The van der Waals surface area contributed by atoms with E-state index in [1.807, 2.05) is 37.3 Å². The van der Waals surface area contributed by atoms with Crippen molar-refractivity contribution in [1.29, 1.82) is 0 Å². The number of imidazole rings is 1. The number of benzene rings is 2. The average Bonchev–Trinajstić information content (AvgIpc) is 3.30. The van der Waals surface area contributed by atoms with Gasteiger partial charge in [-0.2, -0.15) is 0 Å². The lowest BCUT2D eigenvalue weighted by atomic mass is 10.2. The monoisotopic (exact) mass is 475 g/mol. The number of amides is 1. The molecule has 0 aliphatic carbocycles. The Kier molecular flexibility index (Phi) is 6.91. The lowest BCUT2D eigenvalue weighted by Gasteiger charge is -2.14. The van der Waals surface area contributed by atoms with Crippen molar-refractivity contribution in [3.8, 4) is 0 Å². The van der Waals surface area contributed by atoms with Gasteiger partial charge in [-0.15, -0.1) is 0 Å². The van der Waals surface area contributed by atoms with E-state index in [2.05, 4.69) is 10.3 Å². The fourth-order valence-corrected chi connectivity index (χ4v) is 3.84. The Bertz CT molecular complexity index is 1500. The first-order valence-electron chi connectivity index (χ1n) is 11.2. The summed E-state index contributed by atoms with van der Waals surface area (Å²) < 4.78 is 8.95. The van der Waals surface area contributed by atoms with Crippen molar-refractivity contribution >= 4 is 28.7 Å². The molecular weight excluding hydrogens is 450 g/mol. The molecule has 0 unspecified atom stereocenters. The number of para-hydroxylation sites is 1. The maximum Gasteiger partial charge on any atom is 0.340 e. The number of fused-ring (bicyclic) bond motifs is 1. The number of nitrogens with one attached hydrogen (secondary N) is 1. The summed E-state index contributed by atoms with van der Waals surface area (Å²) in [6, 6.07) is 15.7. The molecule has 0 radical (unpaired) electrons. The molecule has 0 atom stereocenters. The Morgan fingerprint density at radius 3 is 2.40 bits per heavy atom. The number of carbonyl (C=O) groups is 2. The Labute approximate surface area is 200 Å². The average molecular weight is 476 g/mol. The van der Waals surface area contributed by atoms with E-state index in [4.69, 9.17) is 4.74 Å². The molecule has 180 valence electrons. The summed E-state index contributed by atoms with van der Waals surface area (Å²) in [7, 11) is 0. The molecule has 0 saturated carbocycles. The predicted molar refractivity (Wildman–Crippen MR) is 130 cm³/mol. The van der Waals surface area contributed by atoms with Gasteiger partial charge in [0.05, 0.1) is 30.7 Å². The molecular formula is C25H25N5O5. The predicted octanol–water partition coefficient (Wildman–Crippen LogP) is 2.24. The fraction of sp³-hybridized carbons (Fsp3) is 0.240. The third-order valence-corrected chi connectivity index (χ3v) is 5.51. The van der Waals surface area contributed by atoms with Gasteiger partial charge < -0.3 is 14.6 Å². The SMILES string of the molecule is CCOC(=O)c1ccccc1NC(=O)Cn1c(=O)c2c(ncn2CC)n(Cc2ccccc2)c1=O. The first kappa shape index (κ1) is 23.7. The second kappa shape index (κ2) is 10.2. The molecule has 2 aromatic carbocycles. The second-order valence-corrected chi connectivity index (χ2v) is 7.76. The molecule has 1 amide bonds. The fourth-order valence-electron chi connectivity index (χ4n) is 3.84. The third kappa shape index (κ3) is 4.77. The normalized spacial score (nSPS) is 10.9. The van der Waals surface area contributed by atoms with Gasteiger partial charge in [0.15, 0.2) is 11.2 Å². The van der Waals surface area contributed by atoms with E-state index in [1.54, 1.807) is 29.7 Å². The molecule has 10 heteroatoms. The van der Waals surface area contributed by atoms with Crippen LogP contribution in [-0.2, 0) is 29.2 Å². The van der Waals surface area contributed by atoms with Gasteiger partial charge in [0.1, 0.15) is 6.54 Å². The summed E-state index contributed by atoms with van der Waals surface area (Å²) in [5, 5.41) is 2.62. The van der Waals surface area contributed by atoms with Crippen molar-refractivity contribution in [2.45, 2.75) is 33.5 Å². The van der Waals surface area contributed by atoms with Gasteiger partial charge in [-0.25, -0.2) is 19.1 Å². The van der Waals surface area contributed by atoms with Crippen LogP contribution in [0, 0.1) is 0 Å². The van der Waals surface area contributed by atoms with Gasteiger partial charge in [0, 0.05) is 6.54 Å². The number of anilines is 1.